The Kier molecular flexibility index (Phi) is 3.46. The molecule has 0 aliphatic carbocycles. The molecule has 1 unspecified atom stereocenters. The fourth-order valence-corrected chi connectivity index (χ4v) is 2.43. The zero-order chi connectivity index (χ0) is 11.5. The first kappa shape index (κ1) is 11.4. The number of nitrogens with zero attached hydrogens (tertiary/aromatic N) is 1. The Morgan fingerprint density at radius 3 is 2.88 bits per heavy atom. The van der Waals surface area contributed by atoms with E-state index in [2.05, 4.69) is 36.9 Å². The second kappa shape index (κ2) is 4.85. The fraction of sp³-hybridized carbons (Fsp3) is 0.538. The van der Waals surface area contributed by atoms with Crippen molar-refractivity contribution < 1.29 is 4.84 Å². The molecule has 3 heteroatoms. The number of rotatable bonds is 2. The van der Waals surface area contributed by atoms with Crippen molar-refractivity contribution in [1.82, 2.24) is 0 Å². The van der Waals surface area contributed by atoms with E-state index in [4.69, 9.17) is 10.7 Å². The van der Waals surface area contributed by atoms with Crippen LogP contribution >= 0.6 is 0 Å². The van der Waals surface area contributed by atoms with Gasteiger partial charge in [0, 0.05) is 18.8 Å². The second-order valence-corrected chi connectivity index (χ2v) is 4.64. The van der Waals surface area contributed by atoms with E-state index in [1.807, 2.05) is 0 Å². The third-order valence-electron chi connectivity index (χ3n) is 3.26. The lowest BCUT2D eigenvalue weighted by Gasteiger charge is -2.34. The van der Waals surface area contributed by atoms with Crippen molar-refractivity contribution in [2.75, 3.05) is 18.0 Å². The monoisotopic (exact) mass is 220 g/mol. The molecular formula is C13H20N2O. The van der Waals surface area contributed by atoms with E-state index in [0.29, 0.717) is 0 Å². The number of nitrogens with two attached hydrogens (primary N) is 1. The topological polar surface area (TPSA) is 38.5 Å². The Morgan fingerprint density at radius 1 is 1.38 bits per heavy atom. The number of anilines is 1. The minimum absolute atomic E-state index is 0.175. The van der Waals surface area contributed by atoms with Gasteiger partial charge in [-0.25, -0.2) is 5.90 Å². The Morgan fingerprint density at radius 2 is 2.19 bits per heavy atom. The highest BCUT2D eigenvalue weighted by Gasteiger charge is 2.20. The lowest BCUT2D eigenvalue weighted by Crippen LogP contribution is -2.41. The van der Waals surface area contributed by atoms with Crippen LogP contribution in [0.4, 0.5) is 5.69 Å². The molecule has 88 valence electrons. The van der Waals surface area contributed by atoms with Gasteiger partial charge < -0.3 is 4.90 Å². The first-order valence-electron chi connectivity index (χ1n) is 5.88. The second-order valence-electron chi connectivity index (χ2n) is 4.64. The summed E-state index contributed by atoms with van der Waals surface area (Å²) in [5, 5.41) is 0. The molecule has 3 nitrogen and oxygen atoms in total. The molecular weight excluding hydrogens is 200 g/mol. The molecule has 1 atom stereocenters. The summed E-state index contributed by atoms with van der Waals surface area (Å²) in [5.74, 6) is 5.28. The van der Waals surface area contributed by atoms with E-state index in [-0.39, 0.29) is 6.10 Å². The number of hydrogen-bond acceptors (Lipinski definition) is 3. The highest BCUT2D eigenvalue weighted by Crippen LogP contribution is 2.25. The molecule has 0 spiro atoms. The zero-order valence-electron chi connectivity index (χ0n) is 10.1. The van der Waals surface area contributed by atoms with Gasteiger partial charge in [-0.15, -0.1) is 0 Å². The van der Waals surface area contributed by atoms with Crippen LogP contribution in [0, 0.1) is 13.8 Å². The minimum atomic E-state index is 0.175. The van der Waals surface area contributed by atoms with Gasteiger partial charge in [0.25, 0.3) is 0 Å². The van der Waals surface area contributed by atoms with E-state index in [0.717, 1.165) is 25.9 Å². The molecule has 0 aromatic heterocycles. The molecule has 1 aliphatic heterocycles. The number of aryl methyl sites for hydroxylation is 2. The van der Waals surface area contributed by atoms with Gasteiger partial charge in [-0.2, -0.15) is 0 Å². The standard InChI is InChI=1S/C13H20N2O/c1-10-5-6-13(11(2)8-10)15-7-3-4-12(9-15)16-14/h5-6,8,12H,3-4,7,9,14H2,1-2H3. The summed E-state index contributed by atoms with van der Waals surface area (Å²) < 4.78 is 0. The maximum Gasteiger partial charge on any atom is 0.0962 e. The van der Waals surface area contributed by atoms with E-state index in [9.17, 15) is 0 Å². The van der Waals surface area contributed by atoms with Crippen LogP contribution in [0.25, 0.3) is 0 Å². The summed E-state index contributed by atoms with van der Waals surface area (Å²) >= 11 is 0. The van der Waals surface area contributed by atoms with Gasteiger partial charge in [0.05, 0.1) is 6.10 Å². The zero-order valence-corrected chi connectivity index (χ0v) is 10.1. The van der Waals surface area contributed by atoms with Gasteiger partial charge in [-0.1, -0.05) is 17.7 Å². The van der Waals surface area contributed by atoms with Gasteiger partial charge in [-0.05, 0) is 38.3 Å². The third kappa shape index (κ3) is 2.36. The Balaban J connectivity index is 2.16. The quantitative estimate of drug-likeness (QED) is 0.776. The predicted molar refractivity (Wildman–Crippen MR) is 66.4 cm³/mol. The van der Waals surface area contributed by atoms with Crippen LogP contribution in [0.5, 0.6) is 0 Å². The van der Waals surface area contributed by atoms with Crippen LogP contribution in [0.15, 0.2) is 18.2 Å². The molecule has 1 aromatic rings. The van der Waals surface area contributed by atoms with Gasteiger partial charge in [0.2, 0.25) is 0 Å². The van der Waals surface area contributed by atoms with Crippen molar-refractivity contribution in [3.8, 4) is 0 Å². The normalized spacial score (nSPS) is 21.2. The van der Waals surface area contributed by atoms with E-state index >= 15 is 0 Å². The summed E-state index contributed by atoms with van der Waals surface area (Å²) in [6.07, 6.45) is 2.39. The van der Waals surface area contributed by atoms with Crippen LogP contribution in [-0.2, 0) is 4.84 Å². The van der Waals surface area contributed by atoms with Gasteiger partial charge in [0.15, 0.2) is 0 Å². The molecule has 1 aliphatic rings. The maximum absolute atomic E-state index is 5.28. The largest absolute Gasteiger partial charge is 0.369 e. The molecule has 0 amide bonds. The molecule has 2 N–H and O–H groups in total. The van der Waals surface area contributed by atoms with Crippen LogP contribution in [0.1, 0.15) is 24.0 Å². The molecule has 1 heterocycles. The van der Waals surface area contributed by atoms with Gasteiger partial charge >= 0.3 is 0 Å². The molecule has 0 saturated carbocycles. The summed E-state index contributed by atoms with van der Waals surface area (Å²) in [5.41, 5.74) is 3.95. The molecule has 1 fully saturated rings. The SMILES string of the molecule is Cc1ccc(N2CCCC(ON)C2)c(C)c1. The minimum Gasteiger partial charge on any atom is -0.369 e. The number of benzene rings is 1. The van der Waals surface area contributed by atoms with E-state index < -0.39 is 0 Å². The van der Waals surface area contributed by atoms with Crippen LogP contribution in [-0.4, -0.2) is 19.2 Å². The van der Waals surface area contributed by atoms with E-state index in [1.165, 1.54) is 16.8 Å². The average molecular weight is 220 g/mol. The Labute approximate surface area is 97.1 Å². The lowest BCUT2D eigenvalue weighted by atomic mass is 10.0. The van der Waals surface area contributed by atoms with Crippen molar-refractivity contribution in [1.29, 1.82) is 0 Å². The lowest BCUT2D eigenvalue weighted by molar-refractivity contribution is 0.0434. The summed E-state index contributed by atoms with van der Waals surface area (Å²) in [7, 11) is 0. The van der Waals surface area contributed by atoms with Crippen molar-refractivity contribution in [2.45, 2.75) is 32.8 Å². The summed E-state index contributed by atoms with van der Waals surface area (Å²) in [4.78, 5) is 7.34. The van der Waals surface area contributed by atoms with Crippen LogP contribution < -0.4 is 10.8 Å². The fourth-order valence-electron chi connectivity index (χ4n) is 2.43. The number of hydrogen-bond donors (Lipinski definition) is 1. The first-order valence-corrected chi connectivity index (χ1v) is 5.88. The molecule has 1 aromatic carbocycles. The molecule has 1 saturated heterocycles. The number of piperidine rings is 1. The van der Waals surface area contributed by atoms with Crippen molar-refractivity contribution in [2.24, 2.45) is 5.90 Å². The van der Waals surface area contributed by atoms with Crippen LogP contribution in [0.3, 0.4) is 0 Å². The van der Waals surface area contributed by atoms with Crippen molar-refractivity contribution >= 4 is 5.69 Å². The van der Waals surface area contributed by atoms with Crippen LogP contribution in [0.2, 0.25) is 0 Å². The highest BCUT2D eigenvalue weighted by molar-refractivity contribution is 5.54. The predicted octanol–water partition coefficient (Wildman–Crippen LogP) is 2.16. The van der Waals surface area contributed by atoms with Gasteiger partial charge in [-0.3, -0.25) is 4.84 Å². The van der Waals surface area contributed by atoms with Gasteiger partial charge in [0.1, 0.15) is 0 Å². The van der Waals surface area contributed by atoms with E-state index in [1.54, 1.807) is 0 Å². The molecule has 0 radical (unpaired) electrons. The van der Waals surface area contributed by atoms with Crippen molar-refractivity contribution in [3.63, 3.8) is 0 Å². The smallest absolute Gasteiger partial charge is 0.0962 e. The molecule has 2 rings (SSSR count). The Hall–Kier alpha value is -1.06. The van der Waals surface area contributed by atoms with Crippen molar-refractivity contribution in [3.05, 3.63) is 29.3 Å². The summed E-state index contributed by atoms with van der Waals surface area (Å²) in [6.45, 7) is 6.29. The Bertz CT molecular complexity index is 365. The molecule has 16 heavy (non-hydrogen) atoms. The third-order valence-corrected chi connectivity index (χ3v) is 3.26. The maximum atomic E-state index is 5.28. The first-order chi connectivity index (χ1) is 7.70. The average Bonchev–Trinajstić information content (AvgIpc) is 2.29. The molecule has 0 bridgehead atoms. The summed E-state index contributed by atoms with van der Waals surface area (Å²) in [6, 6.07) is 6.58. The highest BCUT2D eigenvalue weighted by atomic mass is 16.6.